The summed E-state index contributed by atoms with van der Waals surface area (Å²) in [6.45, 7) is 0.581. The lowest BCUT2D eigenvalue weighted by molar-refractivity contribution is -0.152. The highest BCUT2D eigenvalue weighted by atomic mass is 32.1. The zero-order valence-corrected chi connectivity index (χ0v) is 13.8. The fourth-order valence-corrected chi connectivity index (χ4v) is 4.28. The normalized spacial score (nSPS) is 18.3. The van der Waals surface area contributed by atoms with Gasteiger partial charge in [-0.25, -0.2) is 4.79 Å². The maximum atomic E-state index is 12.4. The fraction of sp³-hybridized carbons (Fsp3) is 0.444. The van der Waals surface area contributed by atoms with E-state index in [4.69, 9.17) is 0 Å². The Kier molecular flexibility index (Phi) is 4.96. The summed E-state index contributed by atoms with van der Waals surface area (Å²) in [4.78, 5) is 25.2. The molecule has 1 amide bonds. The van der Waals surface area contributed by atoms with E-state index in [0.29, 0.717) is 19.4 Å². The second-order valence-electron chi connectivity index (χ2n) is 6.05. The van der Waals surface area contributed by atoms with Gasteiger partial charge in [-0.2, -0.15) is 0 Å². The molecule has 0 bridgehead atoms. The van der Waals surface area contributed by atoms with Crippen molar-refractivity contribution in [3.63, 3.8) is 0 Å². The zero-order valence-electron chi connectivity index (χ0n) is 13.0. The molecule has 0 saturated carbocycles. The maximum Gasteiger partial charge on any atom is 0.326 e. The molecule has 1 saturated heterocycles. The Labute approximate surface area is 139 Å². The van der Waals surface area contributed by atoms with E-state index < -0.39 is 12.0 Å². The van der Waals surface area contributed by atoms with Crippen LogP contribution in [0.15, 0.2) is 29.6 Å². The number of carbonyl (C=O) groups is 2. The molecule has 2 heterocycles. The number of rotatable bonds is 5. The third-order valence-electron chi connectivity index (χ3n) is 4.51. The Bertz CT molecular complexity index is 709. The number of benzene rings is 1. The van der Waals surface area contributed by atoms with E-state index in [2.05, 4.69) is 17.5 Å². The number of carboxylic acid groups (broad SMARTS) is 1. The van der Waals surface area contributed by atoms with Gasteiger partial charge in [0.15, 0.2) is 0 Å². The lowest BCUT2D eigenvalue weighted by Gasteiger charge is -2.33. The Balaban J connectivity index is 1.57. The van der Waals surface area contributed by atoms with Crippen LogP contribution in [0, 0.1) is 0 Å². The number of likely N-dealkylation sites (tertiary alicyclic amines) is 1. The molecular formula is C18H21NO3S. The topological polar surface area (TPSA) is 57.6 Å². The number of carboxylic acids is 1. The Morgan fingerprint density at radius 1 is 1.26 bits per heavy atom. The number of amides is 1. The first-order chi connectivity index (χ1) is 11.2. The molecule has 1 aliphatic heterocycles. The second-order valence-corrected chi connectivity index (χ2v) is 6.96. The highest BCUT2D eigenvalue weighted by Gasteiger charge is 2.31. The van der Waals surface area contributed by atoms with Crippen LogP contribution >= 0.6 is 11.3 Å². The van der Waals surface area contributed by atoms with Crippen molar-refractivity contribution in [2.75, 3.05) is 6.54 Å². The number of thiophene rings is 1. The van der Waals surface area contributed by atoms with Crippen LogP contribution in [0.2, 0.25) is 0 Å². The van der Waals surface area contributed by atoms with Crippen LogP contribution in [0.3, 0.4) is 0 Å². The van der Waals surface area contributed by atoms with Crippen LogP contribution in [0.1, 0.15) is 37.7 Å². The van der Waals surface area contributed by atoms with Crippen LogP contribution in [0.4, 0.5) is 0 Å². The van der Waals surface area contributed by atoms with Crippen molar-refractivity contribution >= 4 is 33.3 Å². The third kappa shape index (κ3) is 3.55. The van der Waals surface area contributed by atoms with Gasteiger partial charge in [0.2, 0.25) is 5.91 Å². The summed E-state index contributed by atoms with van der Waals surface area (Å²) in [5, 5.41) is 12.7. The smallest absolute Gasteiger partial charge is 0.326 e. The van der Waals surface area contributed by atoms with E-state index in [1.54, 1.807) is 16.2 Å². The number of hydrogen-bond donors (Lipinski definition) is 1. The molecule has 1 aliphatic rings. The van der Waals surface area contributed by atoms with Gasteiger partial charge in [0.25, 0.3) is 0 Å². The Morgan fingerprint density at radius 2 is 2.09 bits per heavy atom. The molecular weight excluding hydrogens is 310 g/mol. The molecule has 122 valence electrons. The number of hydrogen-bond acceptors (Lipinski definition) is 3. The molecule has 1 aromatic heterocycles. The van der Waals surface area contributed by atoms with Crippen molar-refractivity contribution in [3.8, 4) is 0 Å². The lowest BCUT2D eigenvalue weighted by Crippen LogP contribution is -2.47. The largest absolute Gasteiger partial charge is 0.480 e. The van der Waals surface area contributed by atoms with Gasteiger partial charge in [0, 0.05) is 17.7 Å². The van der Waals surface area contributed by atoms with Crippen LogP contribution in [-0.4, -0.2) is 34.5 Å². The van der Waals surface area contributed by atoms with Gasteiger partial charge in [-0.1, -0.05) is 18.2 Å². The average molecular weight is 331 g/mol. The first-order valence-electron chi connectivity index (χ1n) is 8.14. The second kappa shape index (κ2) is 7.13. The van der Waals surface area contributed by atoms with E-state index in [-0.39, 0.29) is 5.91 Å². The number of aliphatic carboxylic acids is 1. The molecule has 4 nitrogen and oxygen atoms in total. The van der Waals surface area contributed by atoms with Gasteiger partial charge < -0.3 is 10.0 Å². The minimum Gasteiger partial charge on any atom is -0.480 e. The summed E-state index contributed by atoms with van der Waals surface area (Å²) in [6.07, 6.45) is 4.43. The first-order valence-corrected chi connectivity index (χ1v) is 9.02. The van der Waals surface area contributed by atoms with Gasteiger partial charge in [0.1, 0.15) is 6.04 Å². The van der Waals surface area contributed by atoms with E-state index in [1.807, 2.05) is 12.1 Å². The predicted molar refractivity (Wildman–Crippen MR) is 91.8 cm³/mol. The number of carbonyl (C=O) groups excluding carboxylic acids is 1. The molecule has 1 atom stereocenters. The molecule has 5 heteroatoms. The molecule has 0 spiro atoms. The predicted octanol–water partition coefficient (Wildman–Crippen LogP) is 3.69. The molecule has 23 heavy (non-hydrogen) atoms. The summed E-state index contributed by atoms with van der Waals surface area (Å²) < 4.78 is 1.27. The van der Waals surface area contributed by atoms with Gasteiger partial charge in [-0.15, -0.1) is 11.3 Å². The zero-order chi connectivity index (χ0) is 16.2. The van der Waals surface area contributed by atoms with Gasteiger partial charge in [0.05, 0.1) is 0 Å². The van der Waals surface area contributed by atoms with Gasteiger partial charge >= 0.3 is 5.97 Å². The molecule has 1 fully saturated rings. The fourth-order valence-electron chi connectivity index (χ4n) is 3.29. The molecule has 1 N–H and O–H groups in total. The van der Waals surface area contributed by atoms with Crippen molar-refractivity contribution in [1.29, 1.82) is 0 Å². The summed E-state index contributed by atoms with van der Waals surface area (Å²) in [5.41, 5.74) is 1.28. The minimum absolute atomic E-state index is 0.0170. The highest BCUT2D eigenvalue weighted by Crippen LogP contribution is 2.27. The Hall–Kier alpha value is -1.88. The SMILES string of the molecule is O=C(O)[C@H]1CCCCN1C(=O)CCCc1csc2ccccc12. The van der Waals surface area contributed by atoms with Crippen LogP contribution in [0.5, 0.6) is 0 Å². The van der Waals surface area contributed by atoms with Crippen LogP contribution in [-0.2, 0) is 16.0 Å². The summed E-state index contributed by atoms with van der Waals surface area (Å²) in [6, 6.07) is 7.68. The first kappa shape index (κ1) is 16.0. The quantitative estimate of drug-likeness (QED) is 0.909. The van der Waals surface area contributed by atoms with E-state index >= 15 is 0 Å². The summed E-state index contributed by atoms with van der Waals surface area (Å²) in [5.74, 6) is -0.890. The standard InChI is InChI=1S/C18H21NO3S/c20-17(19-11-4-3-8-15(19)18(21)22)10-5-6-13-12-23-16-9-2-1-7-14(13)16/h1-2,7,9,12,15H,3-6,8,10-11H2,(H,21,22)/t15-/m1/s1. The number of fused-ring (bicyclic) bond motifs is 1. The molecule has 0 aliphatic carbocycles. The van der Waals surface area contributed by atoms with Crippen molar-refractivity contribution in [3.05, 3.63) is 35.2 Å². The molecule has 0 radical (unpaired) electrons. The molecule has 2 aromatic rings. The average Bonchev–Trinajstić information content (AvgIpc) is 2.98. The van der Waals surface area contributed by atoms with E-state index in [0.717, 1.165) is 25.7 Å². The van der Waals surface area contributed by atoms with E-state index in [1.165, 1.54) is 15.6 Å². The van der Waals surface area contributed by atoms with E-state index in [9.17, 15) is 14.7 Å². The third-order valence-corrected chi connectivity index (χ3v) is 5.52. The van der Waals surface area contributed by atoms with Crippen molar-refractivity contribution in [1.82, 2.24) is 4.90 Å². The highest BCUT2D eigenvalue weighted by molar-refractivity contribution is 7.17. The van der Waals surface area contributed by atoms with Crippen molar-refractivity contribution < 1.29 is 14.7 Å². The summed E-state index contributed by atoms with van der Waals surface area (Å²) in [7, 11) is 0. The number of piperidine rings is 1. The lowest BCUT2D eigenvalue weighted by atomic mass is 10.0. The van der Waals surface area contributed by atoms with Crippen LogP contribution < -0.4 is 0 Å². The van der Waals surface area contributed by atoms with Crippen LogP contribution in [0.25, 0.3) is 10.1 Å². The number of nitrogens with zero attached hydrogens (tertiary/aromatic N) is 1. The molecule has 1 aromatic carbocycles. The van der Waals surface area contributed by atoms with Gasteiger partial charge in [-0.3, -0.25) is 4.79 Å². The van der Waals surface area contributed by atoms with Gasteiger partial charge in [-0.05, 0) is 54.5 Å². The monoisotopic (exact) mass is 331 g/mol. The maximum absolute atomic E-state index is 12.4. The molecule has 0 unspecified atom stereocenters. The minimum atomic E-state index is -0.873. The van der Waals surface area contributed by atoms with Crippen molar-refractivity contribution in [2.45, 2.75) is 44.6 Å². The Morgan fingerprint density at radius 3 is 2.91 bits per heavy atom. The van der Waals surface area contributed by atoms with Crippen molar-refractivity contribution in [2.24, 2.45) is 0 Å². The number of aryl methyl sites for hydroxylation is 1. The molecule has 3 rings (SSSR count). The summed E-state index contributed by atoms with van der Waals surface area (Å²) >= 11 is 1.73.